The molecule has 5 heteroatoms. The molecule has 120 valence electrons. The van der Waals surface area contributed by atoms with Gasteiger partial charge in [0.1, 0.15) is 5.54 Å². The minimum absolute atomic E-state index is 0.0200. The first kappa shape index (κ1) is 15.5. The van der Waals surface area contributed by atoms with Crippen molar-refractivity contribution < 1.29 is 9.59 Å². The van der Waals surface area contributed by atoms with Gasteiger partial charge in [-0.2, -0.15) is 5.26 Å². The van der Waals surface area contributed by atoms with E-state index in [1.54, 1.807) is 17.9 Å². The van der Waals surface area contributed by atoms with Crippen molar-refractivity contribution in [3.63, 3.8) is 0 Å². The van der Waals surface area contributed by atoms with Crippen LogP contribution in [0.2, 0.25) is 0 Å². The highest BCUT2D eigenvalue weighted by atomic mass is 16.2. The Morgan fingerprint density at radius 1 is 1.26 bits per heavy atom. The lowest BCUT2D eigenvalue weighted by atomic mass is 9.82. The number of nitriles is 1. The van der Waals surface area contributed by atoms with Crippen LogP contribution >= 0.6 is 0 Å². The predicted molar refractivity (Wildman–Crippen MR) is 87.1 cm³/mol. The highest BCUT2D eigenvalue weighted by Gasteiger charge is 2.34. The molecule has 1 fully saturated rings. The van der Waals surface area contributed by atoms with E-state index in [9.17, 15) is 14.9 Å². The molecule has 0 spiro atoms. The summed E-state index contributed by atoms with van der Waals surface area (Å²) in [4.78, 5) is 25.9. The van der Waals surface area contributed by atoms with Crippen LogP contribution in [0.25, 0.3) is 0 Å². The minimum Gasteiger partial charge on any atom is -0.334 e. The molecule has 1 aliphatic heterocycles. The lowest BCUT2D eigenvalue weighted by molar-refractivity contribution is -0.116. The van der Waals surface area contributed by atoms with Gasteiger partial charge in [-0.15, -0.1) is 0 Å². The second-order valence-electron chi connectivity index (χ2n) is 6.47. The van der Waals surface area contributed by atoms with Gasteiger partial charge in [-0.1, -0.05) is 19.3 Å². The van der Waals surface area contributed by atoms with Crippen molar-refractivity contribution in [2.24, 2.45) is 0 Å². The number of amides is 2. The second-order valence-corrected chi connectivity index (χ2v) is 6.47. The van der Waals surface area contributed by atoms with Crippen LogP contribution in [-0.2, 0) is 11.2 Å². The molecule has 1 heterocycles. The van der Waals surface area contributed by atoms with Gasteiger partial charge in [0.05, 0.1) is 6.07 Å². The number of benzene rings is 1. The summed E-state index contributed by atoms with van der Waals surface area (Å²) in [6.07, 6.45) is 5.28. The van der Waals surface area contributed by atoms with E-state index < -0.39 is 5.54 Å². The molecular weight excluding hydrogens is 290 g/mol. The monoisotopic (exact) mass is 311 g/mol. The summed E-state index contributed by atoms with van der Waals surface area (Å²) in [6.45, 7) is 2.22. The number of nitrogens with one attached hydrogen (secondary N) is 1. The Labute approximate surface area is 136 Å². The summed E-state index contributed by atoms with van der Waals surface area (Å²) in [6, 6.07) is 7.73. The third-order valence-corrected chi connectivity index (χ3v) is 4.89. The first-order valence-corrected chi connectivity index (χ1v) is 8.19. The number of rotatable bonds is 2. The molecule has 0 atom stereocenters. The highest BCUT2D eigenvalue weighted by Crippen LogP contribution is 2.30. The quantitative estimate of drug-likeness (QED) is 0.912. The first-order valence-electron chi connectivity index (χ1n) is 8.19. The molecule has 1 saturated carbocycles. The average molecular weight is 311 g/mol. The Kier molecular flexibility index (Phi) is 4.08. The SMILES string of the molecule is CC(=O)N1CCc2cc(C(=O)NC3(C#N)CCCCC3)ccc21. The molecular formula is C18H21N3O2. The van der Waals surface area contributed by atoms with Gasteiger partial charge in [-0.25, -0.2) is 0 Å². The maximum atomic E-state index is 12.5. The number of carbonyl (C=O) groups excluding carboxylic acids is 2. The van der Waals surface area contributed by atoms with E-state index in [0.29, 0.717) is 12.1 Å². The zero-order valence-electron chi connectivity index (χ0n) is 13.4. The van der Waals surface area contributed by atoms with E-state index in [1.165, 1.54) is 0 Å². The summed E-state index contributed by atoms with van der Waals surface area (Å²) in [5, 5.41) is 12.4. The zero-order valence-corrected chi connectivity index (χ0v) is 13.4. The average Bonchev–Trinajstić information content (AvgIpc) is 2.99. The van der Waals surface area contributed by atoms with Gasteiger partial charge >= 0.3 is 0 Å². The maximum absolute atomic E-state index is 12.5. The van der Waals surface area contributed by atoms with Crippen molar-refractivity contribution in [3.8, 4) is 6.07 Å². The lowest BCUT2D eigenvalue weighted by Gasteiger charge is -2.31. The van der Waals surface area contributed by atoms with Crippen LogP contribution in [0.15, 0.2) is 18.2 Å². The van der Waals surface area contributed by atoms with Crippen molar-refractivity contribution in [1.82, 2.24) is 5.32 Å². The molecule has 1 aromatic carbocycles. The molecule has 2 aliphatic rings. The largest absolute Gasteiger partial charge is 0.334 e. The van der Waals surface area contributed by atoms with Crippen molar-refractivity contribution in [2.45, 2.75) is 51.0 Å². The van der Waals surface area contributed by atoms with E-state index in [4.69, 9.17) is 0 Å². The number of hydrogen-bond donors (Lipinski definition) is 1. The molecule has 0 bridgehead atoms. The molecule has 0 saturated heterocycles. The Morgan fingerprint density at radius 2 is 2.00 bits per heavy atom. The summed E-state index contributed by atoms with van der Waals surface area (Å²) < 4.78 is 0. The van der Waals surface area contributed by atoms with Gasteiger partial charge < -0.3 is 10.2 Å². The Bertz CT molecular complexity index is 684. The van der Waals surface area contributed by atoms with Gasteiger partial charge in [0, 0.05) is 24.7 Å². The Hall–Kier alpha value is -2.35. The first-order chi connectivity index (χ1) is 11.0. The van der Waals surface area contributed by atoms with Crippen LogP contribution in [0, 0.1) is 11.3 Å². The Morgan fingerprint density at radius 3 is 2.65 bits per heavy atom. The molecule has 1 aromatic rings. The smallest absolute Gasteiger partial charge is 0.252 e. The van der Waals surface area contributed by atoms with E-state index in [2.05, 4.69) is 11.4 Å². The fraction of sp³-hybridized carbons (Fsp3) is 0.500. The third kappa shape index (κ3) is 2.94. The van der Waals surface area contributed by atoms with Crippen molar-refractivity contribution >= 4 is 17.5 Å². The van der Waals surface area contributed by atoms with Crippen molar-refractivity contribution in [2.75, 3.05) is 11.4 Å². The maximum Gasteiger partial charge on any atom is 0.252 e. The molecule has 0 aromatic heterocycles. The van der Waals surface area contributed by atoms with Gasteiger partial charge in [0.15, 0.2) is 0 Å². The van der Waals surface area contributed by atoms with Crippen LogP contribution in [-0.4, -0.2) is 23.9 Å². The minimum atomic E-state index is -0.722. The lowest BCUT2D eigenvalue weighted by Crippen LogP contribution is -2.48. The van der Waals surface area contributed by atoms with E-state index in [0.717, 1.165) is 49.8 Å². The number of nitrogens with zero attached hydrogens (tertiary/aromatic N) is 2. The van der Waals surface area contributed by atoms with E-state index in [1.807, 2.05) is 12.1 Å². The normalized spacial score (nSPS) is 18.9. The molecule has 3 rings (SSSR count). The molecule has 2 amide bonds. The van der Waals surface area contributed by atoms with Gasteiger partial charge in [-0.05, 0) is 43.0 Å². The number of carbonyl (C=O) groups is 2. The topological polar surface area (TPSA) is 73.2 Å². The zero-order chi connectivity index (χ0) is 16.4. The number of anilines is 1. The Balaban J connectivity index is 1.79. The van der Waals surface area contributed by atoms with Gasteiger partial charge in [0.2, 0.25) is 5.91 Å². The van der Waals surface area contributed by atoms with Crippen LogP contribution < -0.4 is 10.2 Å². The van der Waals surface area contributed by atoms with Crippen LogP contribution in [0.4, 0.5) is 5.69 Å². The fourth-order valence-electron chi connectivity index (χ4n) is 3.58. The van der Waals surface area contributed by atoms with Gasteiger partial charge in [0.25, 0.3) is 5.91 Å². The van der Waals surface area contributed by atoms with Crippen LogP contribution in [0.1, 0.15) is 54.9 Å². The fourth-order valence-corrected chi connectivity index (χ4v) is 3.58. The summed E-state index contributed by atoms with van der Waals surface area (Å²) in [7, 11) is 0. The second kappa shape index (κ2) is 6.04. The molecule has 23 heavy (non-hydrogen) atoms. The molecule has 1 aliphatic carbocycles. The number of hydrogen-bond acceptors (Lipinski definition) is 3. The summed E-state index contributed by atoms with van der Waals surface area (Å²) in [5.74, 6) is -0.177. The molecule has 0 unspecified atom stereocenters. The molecule has 0 radical (unpaired) electrons. The third-order valence-electron chi connectivity index (χ3n) is 4.89. The summed E-state index contributed by atoms with van der Waals surface area (Å²) in [5.41, 5.74) is 1.75. The molecule has 1 N–H and O–H groups in total. The van der Waals surface area contributed by atoms with Gasteiger partial charge in [-0.3, -0.25) is 9.59 Å². The summed E-state index contributed by atoms with van der Waals surface area (Å²) >= 11 is 0. The predicted octanol–water partition coefficient (Wildman–Crippen LogP) is 2.55. The molecule has 5 nitrogen and oxygen atoms in total. The van der Waals surface area contributed by atoms with Crippen molar-refractivity contribution in [3.05, 3.63) is 29.3 Å². The van der Waals surface area contributed by atoms with Crippen LogP contribution in [0.5, 0.6) is 0 Å². The van der Waals surface area contributed by atoms with Crippen LogP contribution in [0.3, 0.4) is 0 Å². The highest BCUT2D eigenvalue weighted by molar-refractivity contribution is 5.98. The van der Waals surface area contributed by atoms with E-state index >= 15 is 0 Å². The van der Waals surface area contributed by atoms with E-state index in [-0.39, 0.29) is 11.8 Å². The standard InChI is InChI=1S/C18H21N3O2/c1-13(22)21-10-7-14-11-15(5-6-16(14)21)17(23)20-18(12-19)8-3-2-4-9-18/h5-6,11H,2-4,7-10H2,1H3,(H,20,23). The number of fused-ring (bicyclic) bond motifs is 1. The van der Waals surface area contributed by atoms with Crippen molar-refractivity contribution in [1.29, 1.82) is 5.26 Å².